The van der Waals surface area contributed by atoms with Crippen LogP contribution in [0.4, 0.5) is 0 Å². The van der Waals surface area contributed by atoms with Gasteiger partial charge in [-0.2, -0.15) is 0 Å². The summed E-state index contributed by atoms with van der Waals surface area (Å²) in [5, 5.41) is 2.60. The number of unbranched alkanes of at least 4 members (excludes halogenated alkanes) is 4. The Morgan fingerprint density at radius 3 is 2.40 bits per heavy atom. The van der Waals surface area contributed by atoms with Crippen LogP contribution in [0.3, 0.4) is 0 Å². The number of rotatable bonds is 12. The van der Waals surface area contributed by atoms with E-state index in [2.05, 4.69) is 5.32 Å². The Kier molecular flexibility index (Phi) is 12.8. The van der Waals surface area contributed by atoms with Gasteiger partial charge in [0.25, 0.3) is 0 Å². The highest BCUT2D eigenvalue weighted by atomic mass is 16.5. The highest BCUT2D eigenvalue weighted by Crippen LogP contribution is 2.02. The summed E-state index contributed by atoms with van der Waals surface area (Å²) < 4.78 is 5.41. The van der Waals surface area contributed by atoms with Crippen molar-refractivity contribution in [1.82, 2.24) is 5.32 Å². The predicted octanol–water partition coefficient (Wildman–Crippen LogP) is 1.05. The van der Waals surface area contributed by atoms with E-state index in [0.717, 1.165) is 45.4 Å². The molecule has 0 unspecified atom stereocenters. The summed E-state index contributed by atoms with van der Waals surface area (Å²) >= 11 is 0. The monoisotopic (exact) mass is 216 g/mol. The molecule has 0 aromatic carbocycles. The van der Waals surface area contributed by atoms with Crippen LogP contribution in [-0.2, 0) is 9.53 Å². The second kappa shape index (κ2) is 13.4. The second-order valence-electron chi connectivity index (χ2n) is 3.59. The van der Waals surface area contributed by atoms with Gasteiger partial charge in [0.15, 0.2) is 0 Å². The van der Waals surface area contributed by atoms with E-state index in [9.17, 15) is 4.79 Å². The van der Waals surface area contributed by atoms with Gasteiger partial charge in [-0.25, -0.2) is 0 Å². The molecule has 4 nitrogen and oxygen atoms in total. The summed E-state index contributed by atoms with van der Waals surface area (Å²) in [6, 6.07) is 0. The fraction of sp³-hybridized carbons (Fsp3) is 0.909. The van der Waals surface area contributed by atoms with Gasteiger partial charge in [-0.1, -0.05) is 19.3 Å². The third-order valence-electron chi connectivity index (χ3n) is 2.19. The average Bonchev–Trinajstić information content (AvgIpc) is 2.26. The average molecular weight is 216 g/mol. The number of nitrogens with two attached hydrogens (primary N) is 1. The van der Waals surface area contributed by atoms with E-state index >= 15 is 0 Å². The number of amides is 1. The SMILES string of the molecule is NCCCCCCCOCCCNC=O. The van der Waals surface area contributed by atoms with Crippen LogP contribution in [-0.4, -0.2) is 32.7 Å². The molecular formula is C11H24N2O2. The summed E-state index contributed by atoms with van der Waals surface area (Å²) in [5.41, 5.74) is 5.39. The van der Waals surface area contributed by atoms with E-state index in [1.165, 1.54) is 19.3 Å². The van der Waals surface area contributed by atoms with Gasteiger partial charge in [0.1, 0.15) is 0 Å². The molecule has 0 rings (SSSR count). The van der Waals surface area contributed by atoms with Gasteiger partial charge in [-0.3, -0.25) is 4.79 Å². The van der Waals surface area contributed by atoms with Crippen LogP contribution in [0.25, 0.3) is 0 Å². The summed E-state index contributed by atoms with van der Waals surface area (Å²) in [5.74, 6) is 0. The maximum absolute atomic E-state index is 9.90. The number of hydrogen-bond donors (Lipinski definition) is 2. The number of ether oxygens (including phenoxy) is 1. The molecule has 0 aliphatic heterocycles. The Bertz CT molecular complexity index is 132. The number of carbonyl (C=O) groups is 1. The fourth-order valence-corrected chi connectivity index (χ4v) is 1.32. The van der Waals surface area contributed by atoms with Gasteiger partial charge in [-0.05, 0) is 25.8 Å². The largest absolute Gasteiger partial charge is 0.381 e. The third kappa shape index (κ3) is 13.4. The Hall–Kier alpha value is -0.610. The molecule has 0 saturated carbocycles. The van der Waals surface area contributed by atoms with E-state index in [-0.39, 0.29) is 0 Å². The van der Waals surface area contributed by atoms with Crippen molar-refractivity contribution in [2.75, 3.05) is 26.3 Å². The van der Waals surface area contributed by atoms with Crippen molar-refractivity contribution in [2.45, 2.75) is 38.5 Å². The van der Waals surface area contributed by atoms with Crippen LogP contribution in [0.2, 0.25) is 0 Å². The lowest BCUT2D eigenvalue weighted by Gasteiger charge is -2.03. The zero-order chi connectivity index (χ0) is 11.2. The lowest BCUT2D eigenvalue weighted by Crippen LogP contribution is -2.14. The molecule has 0 atom stereocenters. The first kappa shape index (κ1) is 14.4. The molecule has 0 bridgehead atoms. The molecule has 90 valence electrons. The van der Waals surface area contributed by atoms with E-state index in [0.29, 0.717) is 6.54 Å². The first-order valence-electron chi connectivity index (χ1n) is 5.86. The molecule has 4 heteroatoms. The van der Waals surface area contributed by atoms with Crippen LogP contribution in [0.15, 0.2) is 0 Å². The van der Waals surface area contributed by atoms with E-state index in [1.54, 1.807) is 0 Å². The topological polar surface area (TPSA) is 64.3 Å². The van der Waals surface area contributed by atoms with E-state index in [4.69, 9.17) is 10.5 Å². The Balaban J connectivity index is 2.83. The van der Waals surface area contributed by atoms with Crippen molar-refractivity contribution >= 4 is 6.41 Å². The van der Waals surface area contributed by atoms with Crippen LogP contribution in [0.1, 0.15) is 38.5 Å². The molecule has 3 N–H and O–H groups in total. The minimum Gasteiger partial charge on any atom is -0.381 e. The molecule has 0 spiro atoms. The lowest BCUT2D eigenvalue weighted by molar-refractivity contribution is -0.109. The van der Waals surface area contributed by atoms with Gasteiger partial charge in [0.2, 0.25) is 6.41 Å². The zero-order valence-electron chi connectivity index (χ0n) is 9.54. The van der Waals surface area contributed by atoms with E-state index in [1.807, 2.05) is 0 Å². The third-order valence-corrected chi connectivity index (χ3v) is 2.19. The molecule has 0 aliphatic carbocycles. The highest BCUT2D eigenvalue weighted by Gasteiger charge is 1.91. The minimum absolute atomic E-state index is 0.708. The summed E-state index contributed by atoms with van der Waals surface area (Å²) in [4.78, 5) is 9.90. The van der Waals surface area contributed by atoms with Crippen LogP contribution < -0.4 is 11.1 Å². The Morgan fingerprint density at radius 1 is 1.00 bits per heavy atom. The number of nitrogens with one attached hydrogen (secondary N) is 1. The normalized spacial score (nSPS) is 10.2. The Labute approximate surface area is 92.6 Å². The molecule has 0 fully saturated rings. The molecule has 1 amide bonds. The zero-order valence-corrected chi connectivity index (χ0v) is 9.54. The maximum Gasteiger partial charge on any atom is 0.207 e. The van der Waals surface area contributed by atoms with Gasteiger partial charge >= 0.3 is 0 Å². The van der Waals surface area contributed by atoms with Gasteiger partial charge < -0.3 is 15.8 Å². The standard InChI is InChI=1S/C11H24N2O2/c12-7-4-2-1-3-5-9-15-10-6-8-13-11-14/h11H,1-10,12H2,(H,13,14). The van der Waals surface area contributed by atoms with Gasteiger partial charge in [0, 0.05) is 19.8 Å². The number of carbonyl (C=O) groups excluding carboxylic acids is 1. The van der Waals surface area contributed by atoms with Crippen LogP contribution >= 0.6 is 0 Å². The van der Waals surface area contributed by atoms with Gasteiger partial charge in [0.05, 0.1) is 0 Å². The molecule has 0 radical (unpaired) electrons. The predicted molar refractivity (Wildman–Crippen MR) is 61.6 cm³/mol. The Morgan fingerprint density at radius 2 is 1.67 bits per heavy atom. The minimum atomic E-state index is 0.708. The fourth-order valence-electron chi connectivity index (χ4n) is 1.32. The van der Waals surface area contributed by atoms with Crippen LogP contribution in [0.5, 0.6) is 0 Å². The molecule has 0 saturated heterocycles. The maximum atomic E-state index is 9.90. The summed E-state index contributed by atoms with van der Waals surface area (Å²) in [6.07, 6.45) is 7.60. The molecule has 15 heavy (non-hydrogen) atoms. The molecule has 0 aromatic rings. The van der Waals surface area contributed by atoms with Crippen molar-refractivity contribution in [3.63, 3.8) is 0 Å². The first-order valence-corrected chi connectivity index (χ1v) is 5.86. The summed E-state index contributed by atoms with van der Waals surface area (Å²) in [6.45, 7) is 3.09. The molecule has 0 heterocycles. The van der Waals surface area contributed by atoms with Crippen molar-refractivity contribution in [3.05, 3.63) is 0 Å². The van der Waals surface area contributed by atoms with E-state index < -0.39 is 0 Å². The second-order valence-corrected chi connectivity index (χ2v) is 3.59. The van der Waals surface area contributed by atoms with Gasteiger partial charge in [-0.15, -0.1) is 0 Å². The van der Waals surface area contributed by atoms with Crippen molar-refractivity contribution < 1.29 is 9.53 Å². The highest BCUT2D eigenvalue weighted by molar-refractivity contribution is 5.45. The molecular weight excluding hydrogens is 192 g/mol. The van der Waals surface area contributed by atoms with Crippen molar-refractivity contribution in [3.8, 4) is 0 Å². The van der Waals surface area contributed by atoms with Crippen molar-refractivity contribution in [2.24, 2.45) is 5.73 Å². The summed E-state index contributed by atoms with van der Waals surface area (Å²) in [7, 11) is 0. The smallest absolute Gasteiger partial charge is 0.207 e. The molecule has 0 aromatic heterocycles. The first-order chi connectivity index (χ1) is 7.41. The molecule has 0 aliphatic rings. The number of hydrogen-bond acceptors (Lipinski definition) is 3. The van der Waals surface area contributed by atoms with Crippen LogP contribution in [0, 0.1) is 0 Å². The quantitative estimate of drug-likeness (QED) is 0.378. The van der Waals surface area contributed by atoms with Crippen molar-refractivity contribution in [1.29, 1.82) is 0 Å². The lowest BCUT2D eigenvalue weighted by atomic mass is 10.1.